The zero-order valence-corrected chi connectivity index (χ0v) is 14.6. The largest absolute Gasteiger partial charge is 0.356 e. The molecule has 128 valence electrons. The normalized spacial score (nSPS) is 15.5. The van der Waals surface area contributed by atoms with Gasteiger partial charge in [0.05, 0.1) is 6.20 Å². The fraction of sp³-hybridized carbons (Fsp3) is 0.500. The van der Waals surface area contributed by atoms with Gasteiger partial charge < -0.3 is 9.80 Å². The summed E-state index contributed by atoms with van der Waals surface area (Å²) in [4.78, 5) is 11.6. The van der Waals surface area contributed by atoms with E-state index in [1.165, 1.54) is 5.56 Å². The highest BCUT2D eigenvalue weighted by Gasteiger charge is 2.20. The summed E-state index contributed by atoms with van der Waals surface area (Å²) in [7, 11) is 0. The maximum Gasteiger partial charge on any atom is 0.247 e. The van der Waals surface area contributed by atoms with Crippen LogP contribution in [0.25, 0.3) is 0 Å². The van der Waals surface area contributed by atoms with Crippen LogP contribution >= 0.6 is 0 Å². The van der Waals surface area contributed by atoms with E-state index in [2.05, 4.69) is 69.1 Å². The summed E-state index contributed by atoms with van der Waals surface area (Å²) in [6.45, 7) is 11.1. The molecule has 6 nitrogen and oxygen atoms in total. The van der Waals surface area contributed by atoms with Gasteiger partial charge in [-0.05, 0) is 19.4 Å². The van der Waals surface area contributed by atoms with Crippen molar-refractivity contribution in [3.8, 4) is 0 Å². The molecule has 0 amide bonds. The van der Waals surface area contributed by atoms with Crippen LogP contribution in [0.2, 0.25) is 0 Å². The Morgan fingerprint density at radius 2 is 1.71 bits per heavy atom. The van der Waals surface area contributed by atoms with Gasteiger partial charge >= 0.3 is 0 Å². The van der Waals surface area contributed by atoms with Gasteiger partial charge in [-0.25, -0.2) is 0 Å². The molecule has 1 aromatic carbocycles. The highest BCUT2D eigenvalue weighted by Crippen LogP contribution is 2.16. The molecule has 1 aliphatic heterocycles. The van der Waals surface area contributed by atoms with Crippen LogP contribution in [-0.4, -0.2) is 59.3 Å². The molecule has 0 saturated carbocycles. The molecule has 0 aliphatic carbocycles. The molecule has 0 spiro atoms. The van der Waals surface area contributed by atoms with Crippen LogP contribution in [0.5, 0.6) is 0 Å². The molecular formula is C18H26N6. The minimum atomic E-state index is 0.749. The van der Waals surface area contributed by atoms with Crippen molar-refractivity contribution in [1.82, 2.24) is 20.1 Å². The van der Waals surface area contributed by atoms with Crippen molar-refractivity contribution in [3.63, 3.8) is 0 Å². The number of hydrogen-bond acceptors (Lipinski definition) is 6. The van der Waals surface area contributed by atoms with E-state index in [0.717, 1.165) is 57.6 Å². The Kier molecular flexibility index (Phi) is 5.59. The molecule has 0 atom stereocenters. The van der Waals surface area contributed by atoms with Crippen molar-refractivity contribution in [1.29, 1.82) is 0 Å². The number of nitrogens with zero attached hydrogens (tertiary/aromatic N) is 6. The second-order valence-corrected chi connectivity index (χ2v) is 6.04. The highest BCUT2D eigenvalue weighted by molar-refractivity contribution is 5.41. The third kappa shape index (κ3) is 4.00. The minimum absolute atomic E-state index is 0.749. The zero-order chi connectivity index (χ0) is 16.8. The van der Waals surface area contributed by atoms with Gasteiger partial charge in [0, 0.05) is 45.8 Å². The maximum atomic E-state index is 4.71. The van der Waals surface area contributed by atoms with Crippen molar-refractivity contribution < 1.29 is 0 Å². The van der Waals surface area contributed by atoms with Crippen LogP contribution in [0.3, 0.4) is 0 Å². The topological polar surface area (TPSA) is 48.4 Å². The molecule has 0 N–H and O–H groups in total. The third-order valence-corrected chi connectivity index (χ3v) is 4.53. The van der Waals surface area contributed by atoms with Crippen LogP contribution in [0, 0.1) is 0 Å². The summed E-state index contributed by atoms with van der Waals surface area (Å²) < 4.78 is 0. The van der Waals surface area contributed by atoms with Gasteiger partial charge in [-0.1, -0.05) is 30.3 Å². The molecule has 6 heteroatoms. The van der Waals surface area contributed by atoms with E-state index in [1.54, 1.807) is 6.20 Å². The van der Waals surface area contributed by atoms with E-state index in [0.29, 0.717) is 0 Å². The molecule has 2 aromatic rings. The first-order valence-electron chi connectivity index (χ1n) is 8.76. The summed E-state index contributed by atoms with van der Waals surface area (Å²) in [6, 6.07) is 10.6. The lowest BCUT2D eigenvalue weighted by Gasteiger charge is -2.34. The summed E-state index contributed by atoms with van der Waals surface area (Å²) in [5.41, 5.74) is 1.37. The number of benzene rings is 1. The van der Waals surface area contributed by atoms with Gasteiger partial charge in [0.2, 0.25) is 5.95 Å². The SMILES string of the molecule is CCN(CC)c1cnnc(N2CCN(Cc3ccccc3)CC2)n1. The van der Waals surface area contributed by atoms with E-state index < -0.39 is 0 Å². The second-order valence-electron chi connectivity index (χ2n) is 6.04. The van der Waals surface area contributed by atoms with Crippen LogP contribution in [0.1, 0.15) is 19.4 Å². The fourth-order valence-electron chi connectivity index (χ4n) is 3.07. The number of anilines is 2. The lowest BCUT2D eigenvalue weighted by molar-refractivity contribution is 0.248. The minimum Gasteiger partial charge on any atom is -0.356 e. The van der Waals surface area contributed by atoms with Crippen molar-refractivity contribution in [2.24, 2.45) is 0 Å². The molecule has 0 bridgehead atoms. The summed E-state index contributed by atoms with van der Waals surface area (Å²) >= 11 is 0. The van der Waals surface area contributed by atoms with Gasteiger partial charge in [-0.2, -0.15) is 10.1 Å². The van der Waals surface area contributed by atoms with Crippen molar-refractivity contribution in [2.75, 3.05) is 49.1 Å². The van der Waals surface area contributed by atoms with E-state index in [-0.39, 0.29) is 0 Å². The highest BCUT2D eigenvalue weighted by atomic mass is 15.4. The first-order chi connectivity index (χ1) is 11.8. The Bertz CT molecular complexity index is 620. The smallest absolute Gasteiger partial charge is 0.247 e. The van der Waals surface area contributed by atoms with Crippen LogP contribution in [0.15, 0.2) is 36.5 Å². The van der Waals surface area contributed by atoms with Crippen LogP contribution < -0.4 is 9.80 Å². The van der Waals surface area contributed by atoms with Crippen molar-refractivity contribution in [2.45, 2.75) is 20.4 Å². The van der Waals surface area contributed by atoms with Gasteiger partial charge in [0.15, 0.2) is 5.82 Å². The fourth-order valence-corrected chi connectivity index (χ4v) is 3.07. The predicted molar refractivity (Wildman–Crippen MR) is 97.3 cm³/mol. The second kappa shape index (κ2) is 8.06. The predicted octanol–water partition coefficient (Wildman–Crippen LogP) is 2.04. The van der Waals surface area contributed by atoms with E-state index >= 15 is 0 Å². The summed E-state index contributed by atoms with van der Waals surface area (Å²) in [6.07, 6.45) is 1.75. The zero-order valence-electron chi connectivity index (χ0n) is 14.6. The van der Waals surface area contributed by atoms with Gasteiger partial charge in [0.25, 0.3) is 0 Å². The van der Waals surface area contributed by atoms with E-state index in [4.69, 9.17) is 4.98 Å². The Labute approximate surface area is 144 Å². The van der Waals surface area contributed by atoms with E-state index in [1.807, 2.05) is 0 Å². The lowest BCUT2D eigenvalue weighted by atomic mass is 10.2. The van der Waals surface area contributed by atoms with Crippen molar-refractivity contribution in [3.05, 3.63) is 42.1 Å². The summed E-state index contributed by atoms with van der Waals surface area (Å²) in [5.74, 6) is 1.66. The average Bonchev–Trinajstić information content (AvgIpc) is 2.65. The molecule has 0 radical (unpaired) electrons. The number of piperazine rings is 1. The number of rotatable bonds is 6. The molecular weight excluding hydrogens is 300 g/mol. The summed E-state index contributed by atoms with van der Waals surface area (Å²) in [5, 5.41) is 8.40. The standard InChI is InChI=1S/C18H26N6/c1-3-23(4-2)17-14-19-21-18(20-17)24-12-10-22(11-13-24)15-16-8-6-5-7-9-16/h5-9,14H,3-4,10-13,15H2,1-2H3. The maximum absolute atomic E-state index is 4.71. The number of hydrogen-bond donors (Lipinski definition) is 0. The Hall–Kier alpha value is -2.21. The molecule has 1 fully saturated rings. The molecule has 1 aromatic heterocycles. The van der Waals surface area contributed by atoms with Gasteiger partial charge in [-0.15, -0.1) is 5.10 Å². The Balaban J connectivity index is 1.59. The van der Waals surface area contributed by atoms with Crippen LogP contribution in [-0.2, 0) is 6.54 Å². The average molecular weight is 326 g/mol. The molecule has 3 rings (SSSR count). The first-order valence-corrected chi connectivity index (χ1v) is 8.76. The first kappa shape index (κ1) is 16.6. The Morgan fingerprint density at radius 1 is 1.00 bits per heavy atom. The number of aromatic nitrogens is 3. The third-order valence-electron chi connectivity index (χ3n) is 4.53. The monoisotopic (exact) mass is 326 g/mol. The van der Waals surface area contributed by atoms with E-state index in [9.17, 15) is 0 Å². The van der Waals surface area contributed by atoms with Crippen LogP contribution in [0.4, 0.5) is 11.8 Å². The molecule has 2 heterocycles. The lowest BCUT2D eigenvalue weighted by Crippen LogP contribution is -2.46. The Morgan fingerprint density at radius 3 is 2.38 bits per heavy atom. The van der Waals surface area contributed by atoms with Crippen molar-refractivity contribution >= 4 is 11.8 Å². The molecule has 1 aliphatic rings. The van der Waals surface area contributed by atoms with Gasteiger partial charge in [0.1, 0.15) is 0 Å². The molecule has 1 saturated heterocycles. The van der Waals surface area contributed by atoms with Gasteiger partial charge in [-0.3, -0.25) is 4.90 Å². The molecule has 0 unspecified atom stereocenters. The molecule has 24 heavy (non-hydrogen) atoms. The quantitative estimate of drug-likeness (QED) is 0.810.